The maximum absolute atomic E-state index is 11.9. The number of rotatable bonds is 7. The number of hydrogen-bond acceptors (Lipinski definition) is 3. The summed E-state index contributed by atoms with van der Waals surface area (Å²) in [5.74, 6) is 1.45. The third-order valence-electron chi connectivity index (χ3n) is 3.88. The molecule has 0 aliphatic heterocycles. The first-order valence-corrected chi connectivity index (χ1v) is 7.13. The molecule has 1 unspecified atom stereocenters. The molecule has 1 saturated carbocycles. The summed E-state index contributed by atoms with van der Waals surface area (Å²) >= 11 is 0. The van der Waals surface area contributed by atoms with Gasteiger partial charge in [-0.15, -0.1) is 0 Å². The molecule has 0 radical (unpaired) electrons. The largest absolute Gasteiger partial charge is 0.355 e. The van der Waals surface area contributed by atoms with Gasteiger partial charge in [0.1, 0.15) is 0 Å². The van der Waals surface area contributed by atoms with Gasteiger partial charge in [0.05, 0.1) is 6.04 Å². The number of nitrogens with two attached hydrogens (primary N) is 1. The van der Waals surface area contributed by atoms with Crippen LogP contribution in [-0.2, 0) is 4.79 Å². The normalized spacial score (nSPS) is 25.1. The van der Waals surface area contributed by atoms with Crippen molar-refractivity contribution in [3.63, 3.8) is 0 Å². The maximum atomic E-state index is 11.9. The lowest BCUT2D eigenvalue weighted by Gasteiger charge is -2.36. The molecule has 18 heavy (non-hydrogen) atoms. The smallest absolute Gasteiger partial charge is 0.237 e. The summed E-state index contributed by atoms with van der Waals surface area (Å²) in [5, 5.41) is 3.01. The molecular weight excluding hydrogens is 226 g/mol. The van der Waals surface area contributed by atoms with Crippen molar-refractivity contribution >= 4 is 5.91 Å². The molecule has 1 rings (SSSR count). The predicted octanol–water partition coefficient (Wildman–Crippen LogP) is 1.21. The fourth-order valence-corrected chi connectivity index (χ4v) is 2.33. The first-order chi connectivity index (χ1) is 8.40. The van der Waals surface area contributed by atoms with Gasteiger partial charge in [-0.2, -0.15) is 0 Å². The second kappa shape index (κ2) is 7.10. The molecular formula is C14H29N3O. The summed E-state index contributed by atoms with van der Waals surface area (Å²) in [4.78, 5) is 14.1. The quantitative estimate of drug-likeness (QED) is 0.719. The summed E-state index contributed by atoms with van der Waals surface area (Å²) < 4.78 is 0. The van der Waals surface area contributed by atoms with Crippen LogP contribution in [0, 0.1) is 11.8 Å². The molecule has 0 saturated heterocycles. The number of likely N-dealkylation sites (N-methyl/N-ethyl adjacent to an activating group) is 1. The lowest BCUT2D eigenvalue weighted by atomic mass is 9.80. The number of carbonyl (C=O) groups excluding carboxylic acids is 1. The Morgan fingerprint density at radius 3 is 2.50 bits per heavy atom. The van der Waals surface area contributed by atoms with E-state index < -0.39 is 0 Å². The van der Waals surface area contributed by atoms with Crippen molar-refractivity contribution in [3.05, 3.63) is 0 Å². The molecule has 106 valence electrons. The van der Waals surface area contributed by atoms with Gasteiger partial charge in [0.15, 0.2) is 0 Å². The lowest BCUT2D eigenvalue weighted by Crippen LogP contribution is -2.48. The number of hydrogen-bond donors (Lipinski definition) is 2. The summed E-state index contributed by atoms with van der Waals surface area (Å²) in [6.07, 6.45) is 3.25. The van der Waals surface area contributed by atoms with Crippen LogP contribution in [0.2, 0.25) is 0 Å². The van der Waals surface area contributed by atoms with Crippen LogP contribution < -0.4 is 11.1 Å². The maximum Gasteiger partial charge on any atom is 0.237 e. The SMILES string of the molecule is CC(C)CCNC(=O)C(C)N(C)CC1CC(N)C1. The Hall–Kier alpha value is -0.610. The Kier molecular flexibility index (Phi) is 6.09. The molecule has 4 nitrogen and oxygen atoms in total. The highest BCUT2D eigenvalue weighted by Gasteiger charge is 2.29. The number of nitrogens with zero attached hydrogens (tertiary/aromatic N) is 1. The van der Waals surface area contributed by atoms with E-state index in [0.29, 0.717) is 17.9 Å². The van der Waals surface area contributed by atoms with Gasteiger partial charge in [0.25, 0.3) is 0 Å². The minimum absolute atomic E-state index is 0.0472. The Morgan fingerprint density at radius 1 is 1.39 bits per heavy atom. The fourth-order valence-electron chi connectivity index (χ4n) is 2.33. The van der Waals surface area contributed by atoms with Crippen LogP contribution in [0.4, 0.5) is 0 Å². The van der Waals surface area contributed by atoms with Crippen molar-refractivity contribution in [2.24, 2.45) is 17.6 Å². The predicted molar refractivity (Wildman–Crippen MR) is 75.3 cm³/mol. The van der Waals surface area contributed by atoms with Gasteiger partial charge in [-0.3, -0.25) is 9.69 Å². The van der Waals surface area contributed by atoms with Gasteiger partial charge in [-0.25, -0.2) is 0 Å². The molecule has 1 amide bonds. The average Bonchev–Trinajstić information content (AvgIpc) is 2.25. The van der Waals surface area contributed by atoms with Crippen LogP contribution in [0.25, 0.3) is 0 Å². The highest BCUT2D eigenvalue weighted by molar-refractivity contribution is 5.81. The summed E-state index contributed by atoms with van der Waals surface area (Å²) in [6.45, 7) is 8.07. The highest BCUT2D eigenvalue weighted by atomic mass is 16.2. The van der Waals surface area contributed by atoms with Crippen LogP contribution >= 0.6 is 0 Å². The molecule has 0 spiro atoms. The van der Waals surface area contributed by atoms with Crippen LogP contribution in [0.1, 0.15) is 40.0 Å². The van der Waals surface area contributed by atoms with Gasteiger partial charge < -0.3 is 11.1 Å². The van der Waals surface area contributed by atoms with Crippen LogP contribution in [0.3, 0.4) is 0 Å². The molecule has 0 heterocycles. The van der Waals surface area contributed by atoms with E-state index in [4.69, 9.17) is 5.73 Å². The summed E-state index contributed by atoms with van der Waals surface area (Å²) in [6, 6.07) is 0.340. The number of carbonyl (C=O) groups is 1. The average molecular weight is 255 g/mol. The Morgan fingerprint density at radius 2 is 2.00 bits per heavy atom. The second-order valence-corrected chi connectivity index (χ2v) is 6.19. The van der Waals surface area contributed by atoms with Crippen molar-refractivity contribution < 1.29 is 4.79 Å². The van der Waals surface area contributed by atoms with E-state index in [1.54, 1.807) is 0 Å². The third kappa shape index (κ3) is 4.94. The van der Waals surface area contributed by atoms with E-state index in [0.717, 1.165) is 32.4 Å². The van der Waals surface area contributed by atoms with Gasteiger partial charge >= 0.3 is 0 Å². The van der Waals surface area contributed by atoms with E-state index in [9.17, 15) is 4.79 Å². The molecule has 0 aromatic rings. The summed E-state index contributed by atoms with van der Waals surface area (Å²) in [5.41, 5.74) is 5.78. The molecule has 1 aliphatic carbocycles. The second-order valence-electron chi connectivity index (χ2n) is 6.19. The van der Waals surface area contributed by atoms with Crippen molar-refractivity contribution in [2.45, 2.75) is 52.1 Å². The molecule has 4 heteroatoms. The molecule has 0 aromatic carbocycles. The Labute approximate surface area is 111 Å². The van der Waals surface area contributed by atoms with Crippen molar-refractivity contribution in [3.8, 4) is 0 Å². The number of nitrogens with one attached hydrogen (secondary N) is 1. The topological polar surface area (TPSA) is 58.4 Å². The molecule has 1 fully saturated rings. The first-order valence-electron chi connectivity index (χ1n) is 7.13. The van der Waals surface area contributed by atoms with Crippen LogP contribution in [0.15, 0.2) is 0 Å². The van der Waals surface area contributed by atoms with Gasteiger partial charge in [-0.05, 0) is 45.1 Å². The van der Waals surface area contributed by atoms with Crippen LogP contribution in [-0.4, -0.2) is 43.0 Å². The molecule has 0 aromatic heterocycles. The Bertz CT molecular complexity index is 262. The van der Waals surface area contributed by atoms with Crippen molar-refractivity contribution in [2.75, 3.05) is 20.1 Å². The standard InChI is InChI=1S/C14H29N3O/c1-10(2)5-6-16-14(18)11(3)17(4)9-12-7-13(15)8-12/h10-13H,5-9,15H2,1-4H3,(H,16,18). The van der Waals surface area contributed by atoms with Crippen molar-refractivity contribution in [1.82, 2.24) is 10.2 Å². The Balaban J connectivity index is 2.20. The minimum Gasteiger partial charge on any atom is -0.355 e. The van der Waals surface area contributed by atoms with Crippen molar-refractivity contribution in [1.29, 1.82) is 0 Å². The van der Waals surface area contributed by atoms with Gasteiger partial charge in [0.2, 0.25) is 5.91 Å². The zero-order valence-electron chi connectivity index (χ0n) is 12.3. The van der Waals surface area contributed by atoms with E-state index in [1.807, 2.05) is 14.0 Å². The molecule has 0 bridgehead atoms. The highest BCUT2D eigenvalue weighted by Crippen LogP contribution is 2.26. The lowest BCUT2D eigenvalue weighted by molar-refractivity contribution is -0.125. The molecule has 1 atom stereocenters. The zero-order valence-corrected chi connectivity index (χ0v) is 12.3. The van der Waals surface area contributed by atoms with E-state index in [1.165, 1.54) is 0 Å². The van der Waals surface area contributed by atoms with E-state index >= 15 is 0 Å². The van der Waals surface area contributed by atoms with E-state index in [2.05, 4.69) is 24.1 Å². The number of amides is 1. The molecule has 1 aliphatic rings. The van der Waals surface area contributed by atoms with Gasteiger partial charge in [-0.1, -0.05) is 13.8 Å². The zero-order chi connectivity index (χ0) is 13.7. The third-order valence-corrected chi connectivity index (χ3v) is 3.88. The molecule has 3 N–H and O–H groups in total. The minimum atomic E-state index is -0.0472. The monoisotopic (exact) mass is 255 g/mol. The van der Waals surface area contributed by atoms with Crippen LogP contribution in [0.5, 0.6) is 0 Å². The van der Waals surface area contributed by atoms with Gasteiger partial charge in [0, 0.05) is 19.1 Å². The fraction of sp³-hybridized carbons (Fsp3) is 0.929. The first kappa shape index (κ1) is 15.4. The van der Waals surface area contributed by atoms with E-state index in [-0.39, 0.29) is 11.9 Å². The summed E-state index contributed by atoms with van der Waals surface area (Å²) in [7, 11) is 2.02.